The van der Waals surface area contributed by atoms with E-state index in [1.807, 2.05) is 13.8 Å². The minimum atomic E-state index is -2.25. The van der Waals surface area contributed by atoms with Gasteiger partial charge in [0.15, 0.2) is 17.5 Å². The topological polar surface area (TPSA) is 132 Å². The quantitative estimate of drug-likeness (QED) is 0.372. The zero-order valence-electron chi connectivity index (χ0n) is 24.2. The van der Waals surface area contributed by atoms with E-state index in [2.05, 4.69) is 11.5 Å². The number of nitrogens with zero attached hydrogens (tertiary/aromatic N) is 1. The Kier molecular flexibility index (Phi) is 7.88. The summed E-state index contributed by atoms with van der Waals surface area (Å²) < 4.78 is 23.9. The summed E-state index contributed by atoms with van der Waals surface area (Å²) in [5.41, 5.74) is -7.36. The molecule has 0 aromatic rings. The van der Waals surface area contributed by atoms with Gasteiger partial charge in [-0.1, -0.05) is 26.8 Å². The van der Waals surface area contributed by atoms with Crippen LogP contribution in [0.2, 0.25) is 0 Å². The van der Waals surface area contributed by atoms with Gasteiger partial charge in [-0.15, -0.1) is 6.58 Å². The molecule has 8 atom stereocenters. The molecule has 10 nitrogen and oxygen atoms in total. The number of esters is 2. The van der Waals surface area contributed by atoms with Crippen molar-refractivity contribution in [2.75, 3.05) is 32.8 Å². The van der Waals surface area contributed by atoms with Crippen molar-refractivity contribution in [2.24, 2.45) is 16.7 Å². The van der Waals surface area contributed by atoms with Crippen molar-refractivity contribution in [3.05, 3.63) is 12.7 Å². The molecule has 4 fully saturated rings. The fourth-order valence-electron chi connectivity index (χ4n) is 8.03. The molecule has 0 spiro atoms. The number of ketones is 1. The van der Waals surface area contributed by atoms with Gasteiger partial charge >= 0.3 is 11.9 Å². The number of ether oxygens (including phenoxy) is 4. The van der Waals surface area contributed by atoms with Gasteiger partial charge in [-0.05, 0) is 32.1 Å². The van der Waals surface area contributed by atoms with Crippen LogP contribution in [0.3, 0.4) is 0 Å². The van der Waals surface area contributed by atoms with Gasteiger partial charge in [-0.3, -0.25) is 19.3 Å². The Morgan fingerprint density at radius 2 is 1.79 bits per heavy atom. The van der Waals surface area contributed by atoms with Crippen LogP contribution in [0.15, 0.2) is 12.7 Å². The number of aliphatic hydroxyl groups excluding tert-OH is 1. The first-order valence-electron chi connectivity index (χ1n) is 14.0. The van der Waals surface area contributed by atoms with Crippen LogP contribution in [-0.2, 0) is 33.3 Å². The standard InChI is InChI=1S/C29H45NO9/c1-8-26(5)17-20(33)29(35)27(6)19(32)9-11-25(3,4)23(27)22(24(37-18(2)31)28(29,7)39-26)38-21(34)10-12-30-13-15-36-16-14-30/h8,19,22-24,32,35H,1,9-17H2,2-7H3/t19-,22-,23-,24-,26-,27-,28+,29-/m0/s1. The van der Waals surface area contributed by atoms with E-state index in [0.29, 0.717) is 45.7 Å². The van der Waals surface area contributed by atoms with Crippen LogP contribution in [-0.4, -0.2) is 101 Å². The van der Waals surface area contributed by atoms with Crippen LogP contribution in [0, 0.1) is 16.7 Å². The zero-order valence-corrected chi connectivity index (χ0v) is 24.2. The summed E-state index contributed by atoms with van der Waals surface area (Å²) in [6.45, 7) is 17.0. The summed E-state index contributed by atoms with van der Waals surface area (Å²) in [5, 5.41) is 24.2. The van der Waals surface area contributed by atoms with E-state index in [0.717, 1.165) is 0 Å². The third-order valence-corrected chi connectivity index (χ3v) is 10.00. The second-order valence-corrected chi connectivity index (χ2v) is 13.0. The minimum absolute atomic E-state index is 0.0981. The lowest BCUT2D eigenvalue weighted by Gasteiger charge is -2.71. The van der Waals surface area contributed by atoms with Gasteiger partial charge in [-0.2, -0.15) is 0 Å². The number of Topliss-reactive ketones (excluding diaryl/α,β-unsaturated/α-hetero) is 1. The van der Waals surface area contributed by atoms with Crippen LogP contribution in [0.4, 0.5) is 0 Å². The molecule has 0 aromatic carbocycles. The maximum Gasteiger partial charge on any atom is 0.307 e. The minimum Gasteiger partial charge on any atom is -0.458 e. The maximum atomic E-state index is 14.0. The molecule has 0 unspecified atom stereocenters. The maximum absolute atomic E-state index is 14.0. The second kappa shape index (κ2) is 10.2. The number of carbonyl (C=O) groups excluding carboxylic acids is 3. The van der Waals surface area contributed by atoms with Crippen molar-refractivity contribution in [1.29, 1.82) is 0 Å². The molecule has 4 rings (SSSR count). The number of hydrogen-bond acceptors (Lipinski definition) is 10. The van der Waals surface area contributed by atoms with E-state index in [9.17, 15) is 24.6 Å². The number of fused-ring (bicyclic) bond motifs is 3. The largest absolute Gasteiger partial charge is 0.458 e. The molecule has 2 heterocycles. The Morgan fingerprint density at radius 1 is 1.15 bits per heavy atom. The molecule has 2 aliphatic heterocycles. The molecule has 4 aliphatic rings. The molecule has 0 radical (unpaired) electrons. The lowest BCUT2D eigenvalue weighted by atomic mass is 9.39. The Hall–Kier alpha value is -1.85. The lowest BCUT2D eigenvalue weighted by Crippen LogP contribution is -2.87. The smallest absolute Gasteiger partial charge is 0.307 e. The van der Waals surface area contributed by atoms with E-state index in [4.69, 9.17) is 18.9 Å². The van der Waals surface area contributed by atoms with Crippen molar-refractivity contribution in [3.8, 4) is 0 Å². The average molecular weight is 552 g/mol. The van der Waals surface area contributed by atoms with E-state index in [1.54, 1.807) is 13.8 Å². The summed E-state index contributed by atoms with van der Waals surface area (Å²) in [5.74, 6) is -2.43. The van der Waals surface area contributed by atoms with E-state index >= 15 is 0 Å². The predicted molar refractivity (Wildman–Crippen MR) is 141 cm³/mol. The summed E-state index contributed by atoms with van der Waals surface area (Å²) in [7, 11) is 0. The molecule has 0 amide bonds. The van der Waals surface area contributed by atoms with Crippen molar-refractivity contribution < 1.29 is 43.5 Å². The Morgan fingerprint density at radius 3 is 2.38 bits per heavy atom. The van der Waals surface area contributed by atoms with Crippen molar-refractivity contribution in [3.63, 3.8) is 0 Å². The van der Waals surface area contributed by atoms with Crippen LogP contribution in [0.5, 0.6) is 0 Å². The monoisotopic (exact) mass is 551 g/mol. The van der Waals surface area contributed by atoms with Crippen molar-refractivity contribution in [1.82, 2.24) is 4.90 Å². The Labute approximate surface area is 231 Å². The average Bonchev–Trinajstić information content (AvgIpc) is 2.86. The number of hydrogen-bond donors (Lipinski definition) is 2. The van der Waals surface area contributed by atoms with Crippen LogP contribution in [0.25, 0.3) is 0 Å². The molecule has 0 aromatic heterocycles. The molecular formula is C29H45NO9. The van der Waals surface area contributed by atoms with Crippen molar-refractivity contribution in [2.45, 2.75) is 102 Å². The highest BCUT2D eigenvalue weighted by Crippen LogP contribution is 2.67. The summed E-state index contributed by atoms with van der Waals surface area (Å²) in [6.07, 6.45) is -1.22. The van der Waals surface area contributed by atoms with Gasteiger partial charge in [0.2, 0.25) is 0 Å². The molecule has 2 aliphatic carbocycles. The first kappa shape index (κ1) is 30.1. The lowest BCUT2D eigenvalue weighted by molar-refractivity contribution is -0.371. The summed E-state index contributed by atoms with van der Waals surface area (Å²) in [4.78, 5) is 42.0. The van der Waals surface area contributed by atoms with Gasteiger partial charge in [0.1, 0.15) is 11.7 Å². The number of morpholine rings is 1. The van der Waals surface area contributed by atoms with Gasteiger partial charge in [0.25, 0.3) is 0 Å². The Balaban J connectivity index is 1.83. The van der Waals surface area contributed by atoms with Crippen LogP contribution < -0.4 is 0 Å². The Bertz CT molecular complexity index is 1010. The first-order chi connectivity index (χ1) is 18.1. The van der Waals surface area contributed by atoms with Crippen LogP contribution in [0.1, 0.15) is 67.2 Å². The highest BCUT2D eigenvalue weighted by atomic mass is 16.6. The van der Waals surface area contributed by atoms with Crippen molar-refractivity contribution >= 4 is 17.7 Å². The zero-order chi connectivity index (χ0) is 29.0. The molecule has 39 heavy (non-hydrogen) atoms. The molecule has 2 saturated heterocycles. The fraction of sp³-hybridized carbons (Fsp3) is 0.828. The molecule has 10 heteroatoms. The molecule has 220 valence electrons. The van der Waals surface area contributed by atoms with Crippen LogP contribution >= 0.6 is 0 Å². The number of rotatable bonds is 6. The van der Waals surface area contributed by atoms with Gasteiger partial charge in [0, 0.05) is 44.3 Å². The SMILES string of the molecule is C=C[C@@]1(C)CC(=O)[C@]2(O)[C@@]3(C)[C@@H](O)CCC(C)(C)[C@@H]3[C@H](OC(=O)CCN3CCOCC3)[C@H](OC(C)=O)[C@@]2(C)O1. The molecule has 2 saturated carbocycles. The summed E-state index contributed by atoms with van der Waals surface area (Å²) >= 11 is 0. The van der Waals surface area contributed by atoms with E-state index in [-0.39, 0.29) is 12.8 Å². The highest BCUT2D eigenvalue weighted by molar-refractivity contribution is 5.92. The van der Waals surface area contributed by atoms with Gasteiger partial charge in [-0.25, -0.2) is 0 Å². The first-order valence-corrected chi connectivity index (χ1v) is 14.0. The highest BCUT2D eigenvalue weighted by Gasteiger charge is 2.82. The fourth-order valence-corrected chi connectivity index (χ4v) is 8.03. The van der Waals surface area contributed by atoms with E-state index in [1.165, 1.54) is 19.9 Å². The summed E-state index contributed by atoms with van der Waals surface area (Å²) in [6, 6.07) is 0. The van der Waals surface area contributed by atoms with Gasteiger partial charge < -0.3 is 29.2 Å². The third-order valence-electron chi connectivity index (χ3n) is 10.00. The predicted octanol–water partition coefficient (Wildman–Crippen LogP) is 1.79. The van der Waals surface area contributed by atoms with Gasteiger partial charge in [0.05, 0.1) is 31.3 Å². The number of aliphatic hydroxyl groups is 2. The second-order valence-electron chi connectivity index (χ2n) is 13.0. The molecule has 0 bridgehead atoms. The number of carbonyl (C=O) groups is 3. The normalized spacial score (nSPS) is 44.1. The molecule has 2 N–H and O–H groups in total. The third kappa shape index (κ3) is 4.66. The molecular weight excluding hydrogens is 506 g/mol. The van der Waals surface area contributed by atoms with E-state index < -0.39 is 69.6 Å².